The van der Waals surface area contributed by atoms with Crippen LogP contribution in [0.3, 0.4) is 0 Å². The summed E-state index contributed by atoms with van der Waals surface area (Å²) in [7, 11) is 0. The van der Waals surface area contributed by atoms with Gasteiger partial charge in [-0.3, -0.25) is 0 Å². The van der Waals surface area contributed by atoms with Crippen molar-refractivity contribution in [3.05, 3.63) is 21.9 Å². The van der Waals surface area contributed by atoms with Gasteiger partial charge in [0.15, 0.2) is 5.96 Å². The fourth-order valence-corrected chi connectivity index (χ4v) is 2.68. The van der Waals surface area contributed by atoms with Crippen molar-refractivity contribution in [3.63, 3.8) is 0 Å². The molecule has 0 saturated heterocycles. The van der Waals surface area contributed by atoms with Gasteiger partial charge in [0.1, 0.15) is 5.60 Å². The predicted molar refractivity (Wildman–Crippen MR) is 101 cm³/mol. The Morgan fingerprint density at radius 3 is 2.50 bits per heavy atom. The van der Waals surface area contributed by atoms with Crippen molar-refractivity contribution in [2.24, 2.45) is 4.99 Å². The number of rotatable bonds is 7. The molecule has 0 aliphatic rings. The number of nitrogens with one attached hydrogen (secondary N) is 3. The normalized spacial score (nSPS) is 12.0. The summed E-state index contributed by atoms with van der Waals surface area (Å²) < 4.78 is 5.19. The van der Waals surface area contributed by atoms with Crippen LogP contribution in [0.2, 0.25) is 0 Å². The minimum absolute atomic E-state index is 0.379. The monoisotopic (exact) mass is 354 g/mol. The lowest BCUT2D eigenvalue weighted by Gasteiger charge is -2.19. The number of aryl methyl sites for hydroxylation is 1. The summed E-state index contributed by atoms with van der Waals surface area (Å²) in [5.41, 5.74) is -0.465. The number of carbonyl (C=O) groups is 1. The van der Waals surface area contributed by atoms with Gasteiger partial charge in [0.2, 0.25) is 0 Å². The van der Waals surface area contributed by atoms with Crippen molar-refractivity contribution in [2.45, 2.75) is 53.2 Å². The van der Waals surface area contributed by atoms with Crippen LogP contribution >= 0.6 is 11.3 Å². The van der Waals surface area contributed by atoms with Gasteiger partial charge in [-0.1, -0.05) is 0 Å². The van der Waals surface area contributed by atoms with E-state index < -0.39 is 5.60 Å². The number of nitrogens with zero attached hydrogens (tertiary/aromatic N) is 1. The van der Waals surface area contributed by atoms with Crippen molar-refractivity contribution in [2.75, 3.05) is 19.6 Å². The molecule has 0 aromatic carbocycles. The zero-order chi connectivity index (χ0) is 18.0. The molecule has 0 atom stereocenters. The molecular weight excluding hydrogens is 324 g/mol. The molecule has 1 aromatic heterocycles. The maximum absolute atomic E-state index is 11.5. The third-order valence-electron chi connectivity index (χ3n) is 2.85. The van der Waals surface area contributed by atoms with E-state index in [1.807, 2.05) is 27.7 Å². The summed E-state index contributed by atoms with van der Waals surface area (Å²) >= 11 is 1.76. The molecule has 0 aliphatic carbocycles. The Kier molecular flexibility index (Phi) is 8.60. The topological polar surface area (TPSA) is 74.8 Å². The Hall–Kier alpha value is -1.76. The highest BCUT2D eigenvalue weighted by Gasteiger charge is 2.15. The van der Waals surface area contributed by atoms with Gasteiger partial charge in [-0.25, -0.2) is 9.79 Å². The van der Waals surface area contributed by atoms with Crippen molar-refractivity contribution >= 4 is 23.4 Å². The van der Waals surface area contributed by atoms with Crippen molar-refractivity contribution in [1.29, 1.82) is 0 Å². The number of thiophene rings is 1. The second kappa shape index (κ2) is 10.2. The van der Waals surface area contributed by atoms with Gasteiger partial charge >= 0.3 is 6.09 Å². The highest BCUT2D eigenvalue weighted by atomic mass is 32.1. The Bertz CT molecular complexity index is 535. The first-order chi connectivity index (χ1) is 11.3. The molecule has 3 N–H and O–H groups in total. The maximum atomic E-state index is 11.5. The molecule has 6 nitrogen and oxygen atoms in total. The highest BCUT2D eigenvalue weighted by molar-refractivity contribution is 7.11. The second-order valence-corrected chi connectivity index (χ2v) is 7.79. The number of hydrogen-bond donors (Lipinski definition) is 3. The minimum Gasteiger partial charge on any atom is -0.444 e. The quantitative estimate of drug-likeness (QED) is 0.400. The van der Waals surface area contributed by atoms with Crippen LogP contribution in [0.5, 0.6) is 0 Å². The zero-order valence-corrected chi connectivity index (χ0v) is 16.2. The Morgan fingerprint density at radius 1 is 1.21 bits per heavy atom. The molecule has 0 radical (unpaired) electrons. The number of amides is 1. The van der Waals surface area contributed by atoms with E-state index in [0.717, 1.165) is 25.5 Å². The Balaban J connectivity index is 2.27. The van der Waals surface area contributed by atoms with E-state index >= 15 is 0 Å². The molecule has 136 valence electrons. The molecule has 1 aromatic rings. The van der Waals surface area contributed by atoms with E-state index in [4.69, 9.17) is 4.74 Å². The summed E-state index contributed by atoms with van der Waals surface area (Å²) in [6.45, 7) is 12.5. The second-order valence-electron chi connectivity index (χ2n) is 6.42. The third-order valence-corrected chi connectivity index (χ3v) is 3.83. The lowest BCUT2D eigenvalue weighted by molar-refractivity contribution is 0.0527. The van der Waals surface area contributed by atoms with E-state index in [-0.39, 0.29) is 6.09 Å². The van der Waals surface area contributed by atoms with E-state index in [1.54, 1.807) is 11.3 Å². The molecular formula is C17H30N4O2S. The average molecular weight is 355 g/mol. The molecule has 0 aliphatic heterocycles. The molecule has 0 unspecified atom stereocenters. The van der Waals surface area contributed by atoms with Crippen LogP contribution in [0, 0.1) is 6.92 Å². The van der Waals surface area contributed by atoms with E-state index in [0.29, 0.717) is 13.1 Å². The van der Waals surface area contributed by atoms with Crippen molar-refractivity contribution in [3.8, 4) is 0 Å². The lowest BCUT2D eigenvalue weighted by Crippen LogP contribution is -2.39. The molecule has 1 rings (SSSR count). The van der Waals surface area contributed by atoms with Gasteiger partial charge in [0.05, 0.1) is 6.54 Å². The molecule has 0 fully saturated rings. The van der Waals surface area contributed by atoms with Gasteiger partial charge < -0.3 is 20.7 Å². The first-order valence-corrected chi connectivity index (χ1v) is 9.16. The maximum Gasteiger partial charge on any atom is 0.407 e. The minimum atomic E-state index is -0.465. The van der Waals surface area contributed by atoms with Crippen LogP contribution in [0.1, 0.15) is 43.9 Å². The standard InChI is InChI=1S/C17H30N4O2S/c1-6-18-15(21-12-14-9-8-13(2)24-14)19-10-7-11-20-16(22)23-17(3,4)5/h8-9H,6-7,10-12H2,1-5H3,(H,20,22)(H2,18,19,21). The fourth-order valence-electron chi connectivity index (χ4n) is 1.87. The highest BCUT2D eigenvalue weighted by Crippen LogP contribution is 2.15. The van der Waals surface area contributed by atoms with Crippen molar-refractivity contribution in [1.82, 2.24) is 16.0 Å². The van der Waals surface area contributed by atoms with Crippen molar-refractivity contribution < 1.29 is 9.53 Å². The Morgan fingerprint density at radius 2 is 1.92 bits per heavy atom. The number of carbonyl (C=O) groups excluding carboxylic acids is 1. The number of hydrogen-bond acceptors (Lipinski definition) is 4. The summed E-state index contributed by atoms with van der Waals surface area (Å²) in [6.07, 6.45) is 0.415. The number of aliphatic imine (C=N–C) groups is 1. The molecule has 24 heavy (non-hydrogen) atoms. The van der Waals surface area contributed by atoms with Crippen LogP contribution in [0.15, 0.2) is 17.1 Å². The van der Waals surface area contributed by atoms with E-state index in [9.17, 15) is 4.79 Å². The van der Waals surface area contributed by atoms with Gasteiger partial charge in [0, 0.05) is 29.4 Å². The van der Waals surface area contributed by atoms with Crippen LogP contribution in [-0.2, 0) is 11.3 Å². The predicted octanol–water partition coefficient (Wildman–Crippen LogP) is 3.03. The Labute approximate surface area is 149 Å². The van der Waals surface area contributed by atoms with Crippen LogP contribution in [-0.4, -0.2) is 37.3 Å². The number of ether oxygens (including phenoxy) is 1. The smallest absolute Gasteiger partial charge is 0.407 e. The molecule has 0 bridgehead atoms. The molecule has 1 amide bonds. The van der Waals surface area contributed by atoms with E-state index in [2.05, 4.69) is 40.0 Å². The summed E-state index contributed by atoms with van der Waals surface area (Å²) in [5.74, 6) is 0.792. The first kappa shape index (κ1) is 20.3. The van der Waals surface area contributed by atoms with Crippen LogP contribution in [0.25, 0.3) is 0 Å². The zero-order valence-electron chi connectivity index (χ0n) is 15.4. The molecule has 1 heterocycles. The number of guanidine groups is 1. The van der Waals surface area contributed by atoms with Gasteiger partial charge in [-0.2, -0.15) is 0 Å². The fraction of sp³-hybridized carbons (Fsp3) is 0.647. The van der Waals surface area contributed by atoms with Gasteiger partial charge in [0.25, 0.3) is 0 Å². The largest absolute Gasteiger partial charge is 0.444 e. The summed E-state index contributed by atoms with van der Waals surface area (Å²) in [4.78, 5) is 18.6. The van der Waals surface area contributed by atoms with E-state index in [1.165, 1.54) is 9.75 Å². The molecule has 0 spiro atoms. The SMILES string of the molecule is CCNC(=NCc1ccc(C)s1)NCCCNC(=O)OC(C)(C)C. The average Bonchev–Trinajstić information content (AvgIpc) is 2.88. The summed E-state index contributed by atoms with van der Waals surface area (Å²) in [5, 5.41) is 9.24. The summed E-state index contributed by atoms with van der Waals surface area (Å²) in [6, 6.07) is 4.22. The van der Waals surface area contributed by atoms with Gasteiger partial charge in [-0.15, -0.1) is 11.3 Å². The van der Waals surface area contributed by atoms with Crippen LogP contribution < -0.4 is 16.0 Å². The number of alkyl carbamates (subject to hydrolysis) is 1. The lowest BCUT2D eigenvalue weighted by atomic mass is 10.2. The molecule has 0 saturated carbocycles. The molecule has 7 heteroatoms. The van der Waals surface area contributed by atoms with Gasteiger partial charge in [-0.05, 0) is 53.2 Å². The first-order valence-electron chi connectivity index (χ1n) is 8.34. The third kappa shape index (κ3) is 9.39. The van der Waals surface area contributed by atoms with Crippen LogP contribution in [0.4, 0.5) is 4.79 Å².